The number of aryl methyl sites for hydroxylation is 1. The van der Waals surface area contributed by atoms with Crippen molar-refractivity contribution in [3.8, 4) is 0 Å². The summed E-state index contributed by atoms with van der Waals surface area (Å²) in [5.41, 5.74) is 1.86. The minimum absolute atomic E-state index is 0.268. The largest absolute Gasteiger partial charge is 0.478 e. The van der Waals surface area contributed by atoms with Gasteiger partial charge in [0.15, 0.2) is 0 Å². The Kier molecular flexibility index (Phi) is 3.13. The average molecular weight is 232 g/mol. The van der Waals surface area contributed by atoms with Crippen molar-refractivity contribution < 1.29 is 9.90 Å². The third-order valence-electron chi connectivity index (χ3n) is 2.87. The van der Waals surface area contributed by atoms with Gasteiger partial charge in [-0.25, -0.2) is 4.79 Å². The molecular formula is C13H16N2O2. The van der Waals surface area contributed by atoms with Gasteiger partial charge >= 0.3 is 5.97 Å². The van der Waals surface area contributed by atoms with E-state index in [0.29, 0.717) is 12.6 Å². The second-order valence-electron chi connectivity index (χ2n) is 4.32. The van der Waals surface area contributed by atoms with Gasteiger partial charge in [0.2, 0.25) is 0 Å². The molecule has 2 rings (SSSR count). The lowest BCUT2D eigenvalue weighted by Gasteiger charge is -2.24. The highest BCUT2D eigenvalue weighted by atomic mass is 16.4. The minimum Gasteiger partial charge on any atom is -0.478 e. The van der Waals surface area contributed by atoms with Crippen LogP contribution in [-0.2, 0) is 0 Å². The van der Waals surface area contributed by atoms with Crippen molar-refractivity contribution >= 4 is 11.7 Å². The number of hydrogen-bond donors (Lipinski definition) is 1. The van der Waals surface area contributed by atoms with Gasteiger partial charge in [0.1, 0.15) is 5.56 Å². The summed E-state index contributed by atoms with van der Waals surface area (Å²) >= 11 is 0. The second kappa shape index (κ2) is 4.57. The Balaban J connectivity index is 2.42. The molecule has 4 nitrogen and oxygen atoms in total. The Morgan fingerprint density at radius 1 is 1.71 bits per heavy atom. The SMILES string of the molecule is C=CCN(c1cc(C)ncc1C(=O)O)C1CC1. The fourth-order valence-corrected chi connectivity index (χ4v) is 1.92. The molecule has 1 fully saturated rings. The van der Waals surface area contributed by atoms with Crippen molar-refractivity contribution in [2.24, 2.45) is 0 Å². The molecule has 0 bridgehead atoms. The number of aromatic nitrogens is 1. The van der Waals surface area contributed by atoms with Gasteiger partial charge in [-0.2, -0.15) is 0 Å². The van der Waals surface area contributed by atoms with Crippen molar-refractivity contribution in [1.29, 1.82) is 0 Å². The van der Waals surface area contributed by atoms with Crippen LogP contribution >= 0.6 is 0 Å². The van der Waals surface area contributed by atoms with Gasteiger partial charge in [-0.05, 0) is 25.8 Å². The van der Waals surface area contributed by atoms with E-state index in [-0.39, 0.29) is 5.56 Å². The van der Waals surface area contributed by atoms with Crippen LogP contribution < -0.4 is 4.90 Å². The van der Waals surface area contributed by atoms with E-state index in [9.17, 15) is 9.90 Å². The van der Waals surface area contributed by atoms with Crippen LogP contribution in [0.4, 0.5) is 5.69 Å². The quantitative estimate of drug-likeness (QED) is 0.791. The molecule has 1 N–H and O–H groups in total. The second-order valence-corrected chi connectivity index (χ2v) is 4.32. The summed E-state index contributed by atoms with van der Waals surface area (Å²) in [6, 6.07) is 2.29. The zero-order chi connectivity index (χ0) is 12.4. The van der Waals surface area contributed by atoms with E-state index in [1.54, 1.807) is 6.08 Å². The van der Waals surface area contributed by atoms with Crippen LogP contribution in [0.1, 0.15) is 28.9 Å². The van der Waals surface area contributed by atoms with E-state index in [0.717, 1.165) is 24.2 Å². The predicted octanol–water partition coefficient (Wildman–Crippen LogP) is 2.24. The molecule has 0 aliphatic heterocycles. The molecule has 1 aromatic heterocycles. The summed E-state index contributed by atoms with van der Waals surface area (Å²) < 4.78 is 0. The molecule has 0 unspecified atom stereocenters. The third-order valence-corrected chi connectivity index (χ3v) is 2.87. The van der Waals surface area contributed by atoms with Gasteiger partial charge in [0, 0.05) is 24.5 Å². The Bertz CT molecular complexity index is 453. The van der Waals surface area contributed by atoms with E-state index in [1.165, 1.54) is 6.20 Å². The van der Waals surface area contributed by atoms with Crippen molar-refractivity contribution in [3.05, 3.63) is 36.2 Å². The Hall–Kier alpha value is -1.84. The molecule has 0 atom stereocenters. The number of carboxylic acids is 1. The van der Waals surface area contributed by atoms with Crippen LogP contribution in [0.3, 0.4) is 0 Å². The van der Waals surface area contributed by atoms with Crippen molar-refractivity contribution in [1.82, 2.24) is 4.98 Å². The van der Waals surface area contributed by atoms with E-state index < -0.39 is 5.97 Å². The number of nitrogens with zero attached hydrogens (tertiary/aromatic N) is 2. The van der Waals surface area contributed by atoms with E-state index in [2.05, 4.69) is 16.5 Å². The highest BCUT2D eigenvalue weighted by molar-refractivity contribution is 5.94. The molecule has 0 spiro atoms. The maximum absolute atomic E-state index is 11.2. The minimum atomic E-state index is -0.929. The van der Waals surface area contributed by atoms with Gasteiger partial charge in [0.25, 0.3) is 0 Å². The fraction of sp³-hybridized carbons (Fsp3) is 0.385. The first kappa shape index (κ1) is 11.6. The Labute approximate surface area is 101 Å². The Morgan fingerprint density at radius 3 is 2.94 bits per heavy atom. The zero-order valence-electron chi connectivity index (χ0n) is 9.89. The van der Waals surface area contributed by atoms with Crippen molar-refractivity contribution in [2.75, 3.05) is 11.4 Å². The summed E-state index contributed by atoms with van der Waals surface area (Å²) in [5, 5.41) is 9.18. The van der Waals surface area contributed by atoms with Crippen LogP contribution in [0.15, 0.2) is 24.9 Å². The molecule has 0 amide bonds. The van der Waals surface area contributed by atoms with E-state index in [4.69, 9.17) is 0 Å². The van der Waals surface area contributed by atoms with Crippen molar-refractivity contribution in [2.45, 2.75) is 25.8 Å². The Morgan fingerprint density at radius 2 is 2.41 bits per heavy atom. The lowest BCUT2D eigenvalue weighted by atomic mass is 10.2. The van der Waals surface area contributed by atoms with Crippen LogP contribution in [0.25, 0.3) is 0 Å². The molecule has 4 heteroatoms. The highest BCUT2D eigenvalue weighted by Crippen LogP contribution is 2.33. The molecule has 90 valence electrons. The predicted molar refractivity (Wildman–Crippen MR) is 66.5 cm³/mol. The maximum Gasteiger partial charge on any atom is 0.339 e. The monoisotopic (exact) mass is 232 g/mol. The molecule has 17 heavy (non-hydrogen) atoms. The van der Waals surface area contributed by atoms with Gasteiger partial charge in [-0.1, -0.05) is 6.08 Å². The number of pyridine rings is 1. The van der Waals surface area contributed by atoms with Crippen LogP contribution in [-0.4, -0.2) is 28.6 Å². The number of aromatic carboxylic acids is 1. The maximum atomic E-state index is 11.2. The number of carbonyl (C=O) groups is 1. The lowest BCUT2D eigenvalue weighted by molar-refractivity contribution is 0.0697. The first-order valence-electron chi connectivity index (χ1n) is 5.71. The van der Waals surface area contributed by atoms with Gasteiger partial charge in [-0.3, -0.25) is 4.98 Å². The smallest absolute Gasteiger partial charge is 0.339 e. The number of carboxylic acid groups (broad SMARTS) is 1. The molecule has 1 aliphatic carbocycles. The molecule has 0 aromatic carbocycles. The average Bonchev–Trinajstić information content (AvgIpc) is 3.09. The normalized spacial score (nSPS) is 14.4. The van der Waals surface area contributed by atoms with Gasteiger partial charge in [-0.15, -0.1) is 6.58 Å². The number of rotatable bonds is 5. The standard InChI is InChI=1S/C13H16N2O2/c1-3-6-15(10-4-5-10)12-7-9(2)14-8-11(12)13(16)17/h3,7-8,10H,1,4-6H2,2H3,(H,16,17). The van der Waals surface area contributed by atoms with Crippen LogP contribution in [0.5, 0.6) is 0 Å². The molecule has 1 heterocycles. The van der Waals surface area contributed by atoms with Crippen LogP contribution in [0, 0.1) is 6.92 Å². The molecule has 0 saturated heterocycles. The zero-order valence-corrected chi connectivity index (χ0v) is 9.89. The van der Waals surface area contributed by atoms with Gasteiger partial charge in [0.05, 0.1) is 5.69 Å². The third kappa shape index (κ3) is 2.46. The molecule has 1 saturated carbocycles. The molecule has 1 aliphatic rings. The lowest BCUT2D eigenvalue weighted by Crippen LogP contribution is -2.27. The topological polar surface area (TPSA) is 53.4 Å². The molecule has 1 aromatic rings. The summed E-state index contributed by atoms with van der Waals surface area (Å²) in [4.78, 5) is 17.3. The summed E-state index contributed by atoms with van der Waals surface area (Å²) in [6.07, 6.45) is 5.48. The highest BCUT2D eigenvalue weighted by Gasteiger charge is 2.30. The van der Waals surface area contributed by atoms with E-state index >= 15 is 0 Å². The van der Waals surface area contributed by atoms with Crippen molar-refractivity contribution in [3.63, 3.8) is 0 Å². The molecule has 0 radical (unpaired) electrons. The molecular weight excluding hydrogens is 216 g/mol. The fourth-order valence-electron chi connectivity index (χ4n) is 1.92. The summed E-state index contributed by atoms with van der Waals surface area (Å²) in [5.74, 6) is -0.929. The summed E-state index contributed by atoms with van der Waals surface area (Å²) in [6.45, 7) is 6.27. The number of hydrogen-bond acceptors (Lipinski definition) is 3. The number of anilines is 1. The summed E-state index contributed by atoms with van der Waals surface area (Å²) in [7, 11) is 0. The first-order valence-corrected chi connectivity index (χ1v) is 5.71. The van der Waals surface area contributed by atoms with Gasteiger partial charge < -0.3 is 10.0 Å². The van der Waals surface area contributed by atoms with Crippen LogP contribution in [0.2, 0.25) is 0 Å². The first-order chi connectivity index (χ1) is 8.13. The van der Waals surface area contributed by atoms with E-state index in [1.807, 2.05) is 13.0 Å².